The highest BCUT2D eigenvalue weighted by molar-refractivity contribution is 7.13. The first-order chi connectivity index (χ1) is 6.29. The third kappa shape index (κ3) is 2.05. The standard InChI is InChI=1S/C8H11N3OS/c9-3-6-4-13-8(10-6)11-7(12)5-1-2-5/h4-5H,1-3,9H2,(H,10,11,12). The number of hydrogen-bond acceptors (Lipinski definition) is 4. The van der Waals surface area contributed by atoms with Gasteiger partial charge in [-0.25, -0.2) is 4.98 Å². The monoisotopic (exact) mass is 197 g/mol. The Morgan fingerprint density at radius 1 is 1.77 bits per heavy atom. The van der Waals surface area contributed by atoms with Gasteiger partial charge in [0.05, 0.1) is 5.69 Å². The highest BCUT2D eigenvalue weighted by Crippen LogP contribution is 2.30. The molecule has 1 aliphatic carbocycles. The normalized spacial score (nSPS) is 15.8. The number of nitrogens with one attached hydrogen (secondary N) is 1. The number of anilines is 1. The number of nitrogens with zero attached hydrogens (tertiary/aromatic N) is 1. The van der Waals surface area contributed by atoms with Crippen LogP contribution >= 0.6 is 11.3 Å². The molecule has 0 radical (unpaired) electrons. The van der Waals surface area contributed by atoms with E-state index in [4.69, 9.17) is 5.73 Å². The summed E-state index contributed by atoms with van der Waals surface area (Å²) in [4.78, 5) is 15.4. The van der Waals surface area contributed by atoms with Gasteiger partial charge in [-0.2, -0.15) is 0 Å². The zero-order valence-corrected chi connectivity index (χ0v) is 7.93. The number of thiazole rings is 1. The van der Waals surface area contributed by atoms with Gasteiger partial charge in [0.25, 0.3) is 0 Å². The Morgan fingerprint density at radius 2 is 2.54 bits per heavy atom. The highest BCUT2D eigenvalue weighted by atomic mass is 32.1. The minimum absolute atomic E-state index is 0.0953. The van der Waals surface area contributed by atoms with E-state index in [1.807, 2.05) is 5.38 Å². The van der Waals surface area contributed by atoms with Gasteiger partial charge in [-0.1, -0.05) is 0 Å². The molecule has 0 saturated heterocycles. The minimum atomic E-state index is 0.0953. The lowest BCUT2D eigenvalue weighted by Crippen LogP contribution is -2.13. The largest absolute Gasteiger partial charge is 0.325 e. The molecule has 0 aliphatic heterocycles. The maximum absolute atomic E-state index is 11.3. The molecule has 1 fully saturated rings. The SMILES string of the molecule is NCc1csc(NC(=O)C2CC2)n1. The molecule has 4 nitrogen and oxygen atoms in total. The van der Waals surface area contributed by atoms with E-state index in [2.05, 4.69) is 10.3 Å². The maximum Gasteiger partial charge on any atom is 0.229 e. The molecule has 0 aromatic carbocycles. The van der Waals surface area contributed by atoms with Crippen molar-refractivity contribution in [2.45, 2.75) is 19.4 Å². The molecule has 5 heteroatoms. The quantitative estimate of drug-likeness (QED) is 0.758. The van der Waals surface area contributed by atoms with E-state index in [0.717, 1.165) is 18.5 Å². The molecule has 1 saturated carbocycles. The van der Waals surface area contributed by atoms with Crippen LogP contribution in [0.2, 0.25) is 0 Å². The van der Waals surface area contributed by atoms with Crippen molar-refractivity contribution >= 4 is 22.4 Å². The van der Waals surface area contributed by atoms with E-state index in [9.17, 15) is 4.79 Å². The molecule has 0 atom stereocenters. The Hall–Kier alpha value is -0.940. The van der Waals surface area contributed by atoms with Crippen LogP contribution in [0.25, 0.3) is 0 Å². The summed E-state index contributed by atoms with van der Waals surface area (Å²) in [6.45, 7) is 0.426. The van der Waals surface area contributed by atoms with Crippen molar-refractivity contribution in [2.24, 2.45) is 11.7 Å². The summed E-state index contributed by atoms with van der Waals surface area (Å²) >= 11 is 1.42. The summed E-state index contributed by atoms with van der Waals surface area (Å²) in [6, 6.07) is 0. The Bertz CT molecular complexity index is 319. The highest BCUT2D eigenvalue weighted by Gasteiger charge is 2.29. The molecule has 1 amide bonds. The predicted molar refractivity (Wildman–Crippen MR) is 51.4 cm³/mol. The number of carbonyl (C=O) groups is 1. The van der Waals surface area contributed by atoms with Gasteiger partial charge in [-0.3, -0.25) is 4.79 Å². The topological polar surface area (TPSA) is 68.0 Å². The molecular weight excluding hydrogens is 186 g/mol. The second-order valence-corrected chi connectivity index (χ2v) is 3.97. The van der Waals surface area contributed by atoms with E-state index in [1.165, 1.54) is 11.3 Å². The molecule has 1 aromatic rings. The number of hydrogen-bond donors (Lipinski definition) is 2. The second kappa shape index (κ2) is 3.43. The van der Waals surface area contributed by atoms with Gasteiger partial charge in [0.15, 0.2) is 5.13 Å². The molecule has 70 valence electrons. The molecule has 2 rings (SSSR count). The van der Waals surface area contributed by atoms with Crippen molar-refractivity contribution in [3.05, 3.63) is 11.1 Å². The van der Waals surface area contributed by atoms with Crippen LogP contribution in [0, 0.1) is 5.92 Å². The van der Waals surface area contributed by atoms with Crippen molar-refractivity contribution in [3.63, 3.8) is 0 Å². The van der Waals surface area contributed by atoms with Gasteiger partial charge in [0.2, 0.25) is 5.91 Å². The van der Waals surface area contributed by atoms with Crippen molar-refractivity contribution < 1.29 is 4.79 Å². The van der Waals surface area contributed by atoms with Crippen LogP contribution in [-0.4, -0.2) is 10.9 Å². The van der Waals surface area contributed by atoms with Crippen LogP contribution in [-0.2, 0) is 11.3 Å². The van der Waals surface area contributed by atoms with Crippen LogP contribution in [0.1, 0.15) is 18.5 Å². The van der Waals surface area contributed by atoms with E-state index >= 15 is 0 Å². The van der Waals surface area contributed by atoms with Crippen LogP contribution in [0.5, 0.6) is 0 Å². The number of carbonyl (C=O) groups excluding carboxylic acids is 1. The fraction of sp³-hybridized carbons (Fsp3) is 0.500. The fourth-order valence-corrected chi connectivity index (χ4v) is 1.74. The minimum Gasteiger partial charge on any atom is -0.325 e. The number of rotatable bonds is 3. The summed E-state index contributed by atoms with van der Waals surface area (Å²) in [5, 5.41) is 5.30. The lowest BCUT2D eigenvalue weighted by molar-refractivity contribution is -0.117. The van der Waals surface area contributed by atoms with E-state index in [0.29, 0.717) is 11.7 Å². The van der Waals surface area contributed by atoms with Crippen molar-refractivity contribution in [2.75, 3.05) is 5.32 Å². The molecular formula is C8H11N3OS. The zero-order chi connectivity index (χ0) is 9.26. The average Bonchev–Trinajstić information content (AvgIpc) is 2.88. The van der Waals surface area contributed by atoms with Crippen LogP contribution < -0.4 is 11.1 Å². The first-order valence-electron chi connectivity index (χ1n) is 4.25. The lowest BCUT2D eigenvalue weighted by atomic mass is 10.4. The predicted octanol–water partition coefficient (Wildman–Crippen LogP) is 0.950. The molecule has 0 unspecified atom stereocenters. The van der Waals surface area contributed by atoms with Gasteiger partial charge in [-0.05, 0) is 12.8 Å². The number of aromatic nitrogens is 1. The smallest absolute Gasteiger partial charge is 0.229 e. The van der Waals surface area contributed by atoms with E-state index in [1.54, 1.807) is 0 Å². The summed E-state index contributed by atoms with van der Waals surface area (Å²) in [5.41, 5.74) is 6.23. The molecule has 1 aromatic heterocycles. The Morgan fingerprint density at radius 3 is 3.08 bits per heavy atom. The number of nitrogens with two attached hydrogens (primary N) is 1. The summed E-state index contributed by atoms with van der Waals surface area (Å²) in [6.07, 6.45) is 2.03. The molecule has 0 spiro atoms. The first-order valence-corrected chi connectivity index (χ1v) is 5.13. The van der Waals surface area contributed by atoms with Crippen LogP contribution in [0.4, 0.5) is 5.13 Å². The van der Waals surface area contributed by atoms with E-state index in [-0.39, 0.29) is 11.8 Å². The zero-order valence-electron chi connectivity index (χ0n) is 7.12. The summed E-state index contributed by atoms with van der Waals surface area (Å²) < 4.78 is 0. The first kappa shape index (κ1) is 8.65. The molecule has 1 heterocycles. The Balaban J connectivity index is 1.96. The number of amides is 1. The Labute approximate surface area is 80.2 Å². The van der Waals surface area contributed by atoms with Gasteiger partial charge in [0.1, 0.15) is 0 Å². The third-order valence-corrected chi connectivity index (χ3v) is 2.75. The molecule has 0 bridgehead atoms. The van der Waals surface area contributed by atoms with Crippen LogP contribution in [0.3, 0.4) is 0 Å². The van der Waals surface area contributed by atoms with Gasteiger partial charge in [-0.15, -0.1) is 11.3 Å². The van der Waals surface area contributed by atoms with Gasteiger partial charge >= 0.3 is 0 Å². The van der Waals surface area contributed by atoms with Gasteiger partial charge < -0.3 is 11.1 Å². The lowest BCUT2D eigenvalue weighted by Gasteiger charge is -1.97. The fourth-order valence-electron chi connectivity index (χ4n) is 1.01. The maximum atomic E-state index is 11.3. The van der Waals surface area contributed by atoms with Crippen molar-refractivity contribution in [3.8, 4) is 0 Å². The summed E-state index contributed by atoms with van der Waals surface area (Å²) in [5.74, 6) is 0.322. The molecule has 3 N–H and O–H groups in total. The van der Waals surface area contributed by atoms with Gasteiger partial charge in [0, 0.05) is 17.8 Å². The van der Waals surface area contributed by atoms with Crippen molar-refractivity contribution in [1.29, 1.82) is 0 Å². The van der Waals surface area contributed by atoms with Crippen molar-refractivity contribution in [1.82, 2.24) is 4.98 Å². The molecule has 1 aliphatic rings. The molecule has 13 heavy (non-hydrogen) atoms. The van der Waals surface area contributed by atoms with Crippen LogP contribution in [0.15, 0.2) is 5.38 Å². The Kier molecular flexibility index (Phi) is 2.28. The average molecular weight is 197 g/mol. The second-order valence-electron chi connectivity index (χ2n) is 3.11. The summed E-state index contributed by atoms with van der Waals surface area (Å²) in [7, 11) is 0. The third-order valence-electron chi connectivity index (χ3n) is 1.94. The van der Waals surface area contributed by atoms with E-state index < -0.39 is 0 Å².